The largest absolute Gasteiger partial charge is 0.478 e. The molecule has 33 heavy (non-hydrogen) atoms. The summed E-state index contributed by atoms with van der Waals surface area (Å²) in [5, 5.41) is 15.5. The molecule has 2 heterocycles. The van der Waals surface area contributed by atoms with E-state index in [0.717, 1.165) is 38.2 Å². The van der Waals surface area contributed by atoms with Crippen molar-refractivity contribution in [3.8, 4) is 0 Å². The molecule has 0 bridgehead atoms. The van der Waals surface area contributed by atoms with Crippen molar-refractivity contribution in [1.29, 1.82) is 0 Å². The van der Waals surface area contributed by atoms with Crippen LogP contribution in [0.25, 0.3) is 0 Å². The molecule has 1 aromatic heterocycles. The number of amides is 1. The van der Waals surface area contributed by atoms with Crippen molar-refractivity contribution in [3.05, 3.63) is 53.2 Å². The maximum Gasteiger partial charge on any atom is 0.337 e. The Kier molecular flexibility index (Phi) is 10.9. The van der Waals surface area contributed by atoms with Crippen molar-refractivity contribution >= 4 is 29.7 Å². The number of carbonyl (C=O) groups is 2. The average molecular weight is 528 g/mol. The minimum absolute atomic E-state index is 0. The van der Waals surface area contributed by atoms with Crippen molar-refractivity contribution < 1.29 is 56.9 Å². The van der Waals surface area contributed by atoms with E-state index < -0.39 is 5.97 Å². The summed E-state index contributed by atoms with van der Waals surface area (Å²) in [5.74, 6) is -0.488. The van der Waals surface area contributed by atoms with E-state index in [-0.39, 0.29) is 50.2 Å². The minimum Gasteiger partial charge on any atom is -0.478 e. The van der Waals surface area contributed by atoms with Gasteiger partial charge in [-0.1, -0.05) is 12.3 Å². The summed E-state index contributed by atoms with van der Waals surface area (Å²) < 4.78 is 5.01. The Bertz CT molecular complexity index is 946. The Morgan fingerprint density at radius 3 is 2.61 bits per heavy atom. The third-order valence-corrected chi connectivity index (χ3v) is 5.37. The molecule has 0 saturated carbocycles. The number of aromatic carboxylic acids is 1. The molecule has 10 heteroatoms. The van der Waals surface area contributed by atoms with E-state index in [2.05, 4.69) is 20.5 Å². The molecule has 1 aliphatic rings. The first-order valence-electron chi connectivity index (χ1n) is 10.5. The first-order valence-corrected chi connectivity index (χ1v) is 10.5. The maximum absolute atomic E-state index is 12.8. The molecule has 0 atom stereocenters. The van der Waals surface area contributed by atoms with Gasteiger partial charge in [0.1, 0.15) is 5.82 Å². The fourth-order valence-electron chi connectivity index (χ4n) is 3.61. The van der Waals surface area contributed by atoms with E-state index >= 15 is 0 Å². The molecule has 0 unspecified atom stereocenters. The number of carboxylic acid groups (broad SMARTS) is 1. The predicted octanol–water partition coefficient (Wildman–Crippen LogP) is 2.08. The molecule has 9 nitrogen and oxygen atoms in total. The van der Waals surface area contributed by atoms with Crippen LogP contribution in [0.1, 0.15) is 45.5 Å². The topological polar surface area (TPSA) is 121 Å². The Morgan fingerprint density at radius 1 is 1.24 bits per heavy atom. The number of anilines is 2. The summed E-state index contributed by atoms with van der Waals surface area (Å²) in [6, 6.07) is 8.05. The number of ether oxygens (including phenoxy) is 1. The predicted molar refractivity (Wildman–Crippen MR) is 120 cm³/mol. The smallest absolute Gasteiger partial charge is 0.337 e. The molecule has 3 N–H and O–H groups in total. The molecule has 1 aliphatic heterocycles. The number of hydrogen-bond donors (Lipinski definition) is 3. The second-order valence-electron chi connectivity index (χ2n) is 7.58. The molecule has 1 aromatic carbocycles. The average Bonchev–Trinajstić information content (AvgIpc) is 2.82. The van der Waals surface area contributed by atoms with E-state index in [1.54, 1.807) is 25.3 Å². The second kappa shape index (κ2) is 13.4. The van der Waals surface area contributed by atoms with Crippen molar-refractivity contribution in [2.45, 2.75) is 25.3 Å². The van der Waals surface area contributed by atoms with E-state index in [9.17, 15) is 19.5 Å². The second-order valence-corrected chi connectivity index (χ2v) is 7.58. The van der Waals surface area contributed by atoms with Gasteiger partial charge in [0.15, 0.2) is 0 Å². The van der Waals surface area contributed by atoms with Gasteiger partial charge in [-0.25, -0.2) is 4.79 Å². The number of pyridine rings is 1. The van der Waals surface area contributed by atoms with Gasteiger partial charge in [-0.15, -0.1) is 5.56 Å². The molecule has 1 radical (unpaired) electrons. The van der Waals surface area contributed by atoms with E-state index in [0.29, 0.717) is 30.0 Å². The number of aromatic nitrogens is 1. The Balaban J connectivity index is 0.00000385. The van der Waals surface area contributed by atoms with Gasteiger partial charge in [0.25, 0.3) is 5.91 Å². The summed E-state index contributed by atoms with van der Waals surface area (Å²) in [7, 11) is 1.61. The zero-order valence-electron chi connectivity index (χ0n) is 18.5. The van der Waals surface area contributed by atoms with Gasteiger partial charge in [-0.05, 0) is 37.5 Å². The normalized spacial score (nSPS) is 13.7. The molecule has 0 spiro atoms. The molecular weight excluding hydrogens is 501 g/mol. The first kappa shape index (κ1) is 26.9. The minimum atomic E-state index is -1.05. The third-order valence-electron chi connectivity index (χ3n) is 5.37. The summed E-state index contributed by atoms with van der Waals surface area (Å²) >= 11 is 0. The monoisotopic (exact) mass is 528 g/mol. The van der Waals surface area contributed by atoms with Crippen LogP contribution in [0.5, 0.6) is 0 Å². The number of methoxy groups -OCH3 is 1. The van der Waals surface area contributed by atoms with Crippen LogP contribution in [0.3, 0.4) is 0 Å². The van der Waals surface area contributed by atoms with Crippen molar-refractivity contribution in [3.63, 3.8) is 0 Å². The van der Waals surface area contributed by atoms with E-state index in [1.165, 1.54) is 18.3 Å². The third kappa shape index (κ3) is 7.59. The van der Waals surface area contributed by atoms with Crippen LogP contribution in [0.2, 0.25) is 0 Å². The zero-order chi connectivity index (χ0) is 22.9. The van der Waals surface area contributed by atoms with Gasteiger partial charge in [0, 0.05) is 83.4 Å². The number of piperidine rings is 1. The van der Waals surface area contributed by atoms with Crippen LogP contribution in [-0.4, -0.2) is 67.6 Å². The fourth-order valence-corrected chi connectivity index (χ4v) is 3.61. The van der Waals surface area contributed by atoms with Gasteiger partial charge < -0.3 is 35.2 Å². The number of carbonyl (C=O) groups excluding carboxylic acids is 2. The van der Waals surface area contributed by atoms with Crippen LogP contribution in [0.15, 0.2) is 36.5 Å². The van der Waals surface area contributed by atoms with Gasteiger partial charge >= 0.3 is 5.97 Å². The van der Waals surface area contributed by atoms with Crippen molar-refractivity contribution in [1.82, 2.24) is 10.3 Å². The zero-order valence-corrected chi connectivity index (χ0v) is 21.4. The van der Waals surface area contributed by atoms with Crippen LogP contribution in [-0.2, 0) is 42.2 Å². The SMILES string of the molecule is COCCCNc1cc(C(=O)NC2CCN(c3ccc([C-]=O)cn3)CC2)ccc1C(=O)O.[Y]. The Labute approximate surface area is 218 Å². The molecular formula is C23H27N4O5Y-. The number of nitrogens with zero attached hydrogens (tertiary/aromatic N) is 2. The quantitative estimate of drug-likeness (QED) is 0.317. The summed E-state index contributed by atoms with van der Waals surface area (Å²) in [5.41, 5.74) is 1.36. The molecule has 1 amide bonds. The summed E-state index contributed by atoms with van der Waals surface area (Å²) in [4.78, 5) is 41.3. The number of hydrogen-bond acceptors (Lipinski definition) is 7. The van der Waals surface area contributed by atoms with Crippen LogP contribution < -0.4 is 15.5 Å². The summed E-state index contributed by atoms with van der Waals surface area (Å²) in [6.07, 6.45) is 5.53. The molecule has 1 fully saturated rings. The number of rotatable bonds is 10. The molecule has 0 aliphatic carbocycles. The fraction of sp³-hybridized carbons (Fsp3) is 0.391. The van der Waals surface area contributed by atoms with Crippen molar-refractivity contribution in [2.75, 3.05) is 43.6 Å². The molecule has 2 aromatic rings. The van der Waals surface area contributed by atoms with E-state index in [4.69, 9.17) is 4.74 Å². The van der Waals surface area contributed by atoms with Gasteiger partial charge in [0.05, 0.1) is 11.8 Å². The summed E-state index contributed by atoms with van der Waals surface area (Å²) in [6.45, 7) is 2.56. The Morgan fingerprint density at radius 2 is 2.00 bits per heavy atom. The van der Waals surface area contributed by atoms with Crippen LogP contribution in [0.4, 0.5) is 11.5 Å². The standard InChI is InChI=1S/C23H27N4O5.Y/c1-32-12-2-9-24-20-13-17(4-5-19(20)23(30)31)22(29)26-18-7-10-27(11-8-18)21-6-3-16(15-28)14-25-21;/h3-6,13-14,18,24H,2,7-12H2,1H3,(H,26,29)(H,30,31);/q-1;. The van der Waals surface area contributed by atoms with Gasteiger partial charge in [0.2, 0.25) is 0 Å². The number of nitrogens with one attached hydrogen (secondary N) is 2. The van der Waals surface area contributed by atoms with Crippen LogP contribution >= 0.6 is 0 Å². The van der Waals surface area contributed by atoms with Crippen molar-refractivity contribution in [2.24, 2.45) is 0 Å². The molecule has 3 rings (SSSR count). The van der Waals surface area contributed by atoms with Gasteiger partial charge in [-0.2, -0.15) is 6.07 Å². The number of benzene rings is 1. The van der Waals surface area contributed by atoms with Gasteiger partial charge in [-0.3, -0.25) is 4.79 Å². The molecule has 1 saturated heterocycles. The first-order chi connectivity index (χ1) is 15.5. The Hall–Kier alpha value is -2.36. The van der Waals surface area contributed by atoms with E-state index in [1.807, 2.05) is 6.29 Å². The van der Waals surface area contributed by atoms with Crippen LogP contribution in [0, 0.1) is 0 Å². The number of carboxylic acids is 1. The molecule has 173 valence electrons. The maximum atomic E-state index is 12.8.